The zero-order valence-electron chi connectivity index (χ0n) is 10.4. The molecule has 2 unspecified atom stereocenters. The molecule has 0 aliphatic carbocycles. The molecule has 2 N–H and O–H groups in total. The van der Waals surface area contributed by atoms with E-state index in [-0.39, 0.29) is 11.3 Å². The van der Waals surface area contributed by atoms with Gasteiger partial charge in [-0.2, -0.15) is 0 Å². The molecule has 0 radical (unpaired) electrons. The Hall–Kier alpha value is -0.740. The fraction of sp³-hybridized carbons (Fsp3) is 0.214. The molecule has 0 fully saturated rings. The molecule has 19 heavy (non-hydrogen) atoms. The van der Waals surface area contributed by atoms with Crippen molar-refractivity contribution >= 4 is 35.0 Å². The van der Waals surface area contributed by atoms with Crippen molar-refractivity contribution < 1.29 is 0 Å². The molecule has 0 amide bonds. The summed E-state index contributed by atoms with van der Waals surface area (Å²) in [6, 6.07) is 9.38. The van der Waals surface area contributed by atoms with Crippen molar-refractivity contribution in [2.45, 2.75) is 23.1 Å². The Labute approximate surface area is 127 Å². The van der Waals surface area contributed by atoms with E-state index in [9.17, 15) is 0 Å². The lowest BCUT2D eigenvalue weighted by atomic mass is 10.1. The largest absolute Gasteiger partial charge is 0.327 e. The average molecular weight is 313 g/mol. The first-order valence-electron chi connectivity index (χ1n) is 5.85. The second-order valence-electron chi connectivity index (χ2n) is 4.25. The third-order valence-electron chi connectivity index (χ3n) is 2.66. The summed E-state index contributed by atoms with van der Waals surface area (Å²) in [5, 5.41) is 1.47. The van der Waals surface area contributed by atoms with Gasteiger partial charge in [0.15, 0.2) is 0 Å². The molecule has 100 valence electrons. The third kappa shape index (κ3) is 3.86. The molecule has 2 rings (SSSR count). The van der Waals surface area contributed by atoms with Gasteiger partial charge in [-0.25, -0.2) is 0 Å². The Balaban J connectivity index is 2.29. The Morgan fingerprint density at radius 3 is 2.47 bits per heavy atom. The highest BCUT2D eigenvalue weighted by Gasteiger charge is 2.19. The maximum atomic E-state index is 6.20. The SMILES string of the molecule is CC(N)C(Sc1cc(Cl)ccc1Cl)c1ccncc1. The Kier molecular flexibility index (Phi) is 5.11. The van der Waals surface area contributed by atoms with Gasteiger partial charge in [-0.3, -0.25) is 4.98 Å². The Bertz CT molecular complexity index is 546. The molecule has 1 aromatic heterocycles. The van der Waals surface area contributed by atoms with Gasteiger partial charge in [-0.1, -0.05) is 23.2 Å². The number of thioether (sulfide) groups is 1. The lowest BCUT2D eigenvalue weighted by Gasteiger charge is -2.21. The minimum atomic E-state index is -0.0116. The van der Waals surface area contributed by atoms with Crippen molar-refractivity contribution in [3.05, 3.63) is 58.3 Å². The first-order chi connectivity index (χ1) is 9.08. The van der Waals surface area contributed by atoms with Crippen LogP contribution in [0.2, 0.25) is 10.0 Å². The molecule has 0 saturated carbocycles. The number of benzene rings is 1. The van der Waals surface area contributed by atoms with Gasteiger partial charge in [0.25, 0.3) is 0 Å². The highest BCUT2D eigenvalue weighted by atomic mass is 35.5. The summed E-state index contributed by atoms with van der Waals surface area (Å²) in [6.07, 6.45) is 3.54. The Morgan fingerprint density at radius 2 is 1.84 bits per heavy atom. The van der Waals surface area contributed by atoms with E-state index >= 15 is 0 Å². The van der Waals surface area contributed by atoms with Crippen LogP contribution in [0.4, 0.5) is 0 Å². The molecule has 2 aromatic rings. The first kappa shape index (κ1) is 14.7. The zero-order chi connectivity index (χ0) is 13.8. The molecular weight excluding hydrogens is 299 g/mol. The van der Waals surface area contributed by atoms with Gasteiger partial charge in [0.05, 0.1) is 5.02 Å². The van der Waals surface area contributed by atoms with Crippen LogP contribution < -0.4 is 5.73 Å². The van der Waals surface area contributed by atoms with Crippen molar-refractivity contribution in [1.29, 1.82) is 0 Å². The van der Waals surface area contributed by atoms with Gasteiger partial charge in [0.1, 0.15) is 0 Å². The van der Waals surface area contributed by atoms with Gasteiger partial charge < -0.3 is 5.73 Å². The number of nitrogens with two attached hydrogens (primary N) is 1. The zero-order valence-corrected chi connectivity index (χ0v) is 12.7. The molecule has 2 nitrogen and oxygen atoms in total. The first-order valence-corrected chi connectivity index (χ1v) is 7.48. The van der Waals surface area contributed by atoms with Crippen LogP contribution in [0.5, 0.6) is 0 Å². The van der Waals surface area contributed by atoms with E-state index in [0.29, 0.717) is 10.0 Å². The molecule has 0 saturated heterocycles. The fourth-order valence-electron chi connectivity index (χ4n) is 1.74. The van der Waals surface area contributed by atoms with Crippen LogP contribution in [-0.2, 0) is 0 Å². The van der Waals surface area contributed by atoms with E-state index in [0.717, 1.165) is 10.5 Å². The summed E-state index contributed by atoms with van der Waals surface area (Å²) in [4.78, 5) is 4.97. The number of pyridine rings is 1. The van der Waals surface area contributed by atoms with Crippen molar-refractivity contribution in [2.24, 2.45) is 5.73 Å². The van der Waals surface area contributed by atoms with E-state index in [1.807, 2.05) is 25.1 Å². The van der Waals surface area contributed by atoms with Crippen LogP contribution in [0.3, 0.4) is 0 Å². The van der Waals surface area contributed by atoms with E-state index < -0.39 is 0 Å². The molecule has 0 bridgehead atoms. The summed E-state index contributed by atoms with van der Waals surface area (Å²) in [5.41, 5.74) is 7.22. The maximum Gasteiger partial charge on any atom is 0.0543 e. The molecule has 0 spiro atoms. The molecule has 1 heterocycles. The molecule has 2 atom stereocenters. The second-order valence-corrected chi connectivity index (χ2v) is 6.28. The highest BCUT2D eigenvalue weighted by molar-refractivity contribution is 7.99. The summed E-state index contributed by atoms with van der Waals surface area (Å²) >= 11 is 13.8. The molecule has 5 heteroatoms. The van der Waals surface area contributed by atoms with Crippen LogP contribution in [0, 0.1) is 0 Å². The summed E-state index contributed by atoms with van der Waals surface area (Å²) in [5.74, 6) is 0. The predicted molar refractivity (Wildman–Crippen MR) is 82.9 cm³/mol. The number of rotatable bonds is 4. The molecule has 0 aliphatic rings. The smallest absolute Gasteiger partial charge is 0.0543 e. The number of halogens is 2. The maximum absolute atomic E-state index is 6.20. The van der Waals surface area contributed by atoms with Gasteiger partial charge in [-0.05, 0) is 42.8 Å². The van der Waals surface area contributed by atoms with E-state index in [2.05, 4.69) is 4.98 Å². The van der Waals surface area contributed by atoms with Crippen molar-refractivity contribution in [3.63, 3.8) is 0 Å². The van der Waals surface area contributed by atoms with Crippen molar-refractivity contribution in [1.82, 2.24) is 4.98 Å². The molecular formula is C14H14Cl2N2S. The standard InChI is InChI=1S/C14H14Cl2N2S/c1-9(17)14(10-4-6-18-7-5-10)19-13-8-11(15)2-3-12(13)16/h2-9,14H,17H2,1H3. The van der Waals surface area contributed by atoms with Crippen molar-refractivity contribution in [2.75, 3.05) is 0 Å². The molecule has 0 aliphatic heterocycles. The van der Waals surface area contributed by atoms with E-state index in [1.54, 1.807) is 36.3 Å². The highest BCUT2D eigenvalue weighted by Crippen LogP contribution is 2.41. The normalized spacial score (nSPS) is 14.1. The number of hydrogen-bond acceptors (Lipinski definition) is 3. The third-order valence-corrected chi connectivity index (χ3v) is 4.88. The number of hydrogen-bond donors (Lipinski definition) is 1. The van der Waals surface area contributed by atoms with Gasteiger partial charge >= 0.3 is 0 Å². The Morgan fingerprint density at radius 1 is 1.16 bits per heavy atom. The van der Waals surface area contributed by atoms with E-state index in [4.69, 9.17) is 28.9 Å². The van der Waals surface area contributed by atoms with Crippen LogP contribution >= 0.6 is 35.0 Å². The quantitative estimate of drug-likeness (QED) is 0.840. The van der Waals surface area contributed by atoms with Crippen LogP contribution in [-0.4, -0.2) is 11.0 Å². The summed E-state index contributed by atoms with van der Waals surface area (Å²) < 4.78 is 0. The molecule has 1 aromatic carbocycles. The van der Waals surface area contributed by atoms with Gasteiger partial charge in [0, 0.05) is 33.6 Å². The van der Waals surface area contributed by atoms with Crippen LogP contribution in [0.25, 0.3) is 0 Å². The minimum Gasteiger partial charge on any atom is -0.327 e. The van der Waals surface area contributed by atoms with E-state index in [1.165, 1.54) is 0 Å². The second kappa shape index (κ2) is 6.62. The predicted octanol–water partition coefficient (Wildman–Crippen LogP) is 4.57. The lowest BCUT2D eigenvalue weighted by molar-refractivity contribution is 0.720. The summed E-state index contributed by atoms with van der Waals surface area (Å²) in [6.45, 7) is 1.98. The number of nitrogens with zero attached hydrogens (tertiary/aromatic N) is 1. The topological polar surface area (TPSA) is 38.9 Å². The van der Waals surface area contributed by atoms with Crippen LogP contribution in [0.15, 0.2) is 47.6 Å². The summed E-state index contributed by atoms with van der Waals surface area (Å²) in [7, 11) is 0. The number of aromatic nitrogens is 1. The average Bonchev–Trinajstić information content (AvgIpc) is 2.40. The van der Waals surface area contributed by atoms with Gasteiger partial charge in [-0.15, -0.1) is 11.8 Å². The monoisotopic (exact) mass is 312 g/mol. The lowest BCUT2D eigenvalue weighted by Crippen LogP contribution is -2.22. The van der Waals surface area contributed by atoms with Crippen LogP contribution in [0.1, 0.15) is 17.7 Å². The van der Waals surface area contributed by atoms with Gasteiger partial charge in [0.2, 0.25) is 0 Å². The fourth-order valence-corrected chi connectivity index (χ4v) is 3.38. The van der Waals surface area contributed by atoms with Crippen molar-refractivity contribution in [3.8, 4) is 0 Å². The minimum absolute atomic E-state index is 0.0116.